The Morgan fingerprint density at radius 2 is 2.29 bits per heavy atom. The third-order valence-corrected chi connectivity index (χ3v) is 3.88. The molecule has 0 amide bonds. The molecule has 1 saturated carbocycles. The molecule has 7 nitrogen and oxygen atoms in total. The summed E-state index contributed by atoms with van der Waals surface area (Å²) in [5, 5.41) is 6.73. The topological polar surface area (TPSA) is 87.8 Å². The lowest BCUT2D eigenvalue weighted by Crippen LogP contribution is -2.19. The highest BCUT2D eigenvalue weighted by Crippen LogP contribution is 2.27. The van der Waals surface area contributed by atoms with Gasteiger partial charge in [0.25, 0.3) is 0 Å². The van der Waals surface area contributed by atoms with Gasteiger partial charge in [-0.25, -0.2) is 4.98 Å². The molecule has 0 bridgehead atoms. The maximum Gasteiger partial charge on any atom is 0.226 e. The SMILES string of the molecule is CCCNc1nc(NC2CCC(OC)C2)c2[nH]cnc2n1. The fourth-order valence-corrected chi connectivity index (χ4v) is 2.73. The molecule has 0 saturated heterocycles. The van der Waals surface area contributed by atoms with E-state index in [-0.39, 0.29) is 0 Å². The minimum absolute atomic E-state index is 0.347. The number of rotatable bonds is 6. The van der Waals surface area contributed by atoms with Crippen LogP contribution in [0.4, 0.5) is 11.8 Å². The molecule has 0 aromatic carbocycles. The Labute approximate surface area is 123 Å². The highest BCUT2D eigenvalue weighted by Gasteiger charge is 2.25. The van der Waals surface area contributed by atoms with Crippen molar-refractivity contribution in [3.8, 4) is 0 Å². The normalized spacial score (nSPS) is 21.8. The Kier molecular flexibility index (Phi) is 4.19. The predicted octanol–water partition coefficient (Wildman–Crippen LogP) is 2.15. The fraction of sp³-hybridized carbons (Fsp3) is 0.643. The van der Waals surface area contributed by atoms with Crippen molar-refractivity contribution in [3.05, 3.63) is 6.33 Å². The number of nitrogens with one attached hydrogen (secondary N) is 3. The van der Waals surface area contributed by atoms with Gasteiger partial charge >= 0.3 is 0 Å². The standard InChI is InChI=1S/C14H22N6O/c1-3-6-15-14-19-12-11(16-8-17-12)13(20-14)18-9-4-5-10(7-9)21-2/h8-10H,3-7H2,1-2H3,(H3,15,16,17,18,19,20). The third-order valence-electron chi connectivity index (χ3n) is 3.88. The van der Waals surface area contributed by atoms with Gasteiger partial charge in [-0.1, -0.05) is 6.92 Å². The van der Waals surface area contributed by atoms with Crippen LogP contribution in [-0.4, -0.2) is 45.7 Å². The van der Waals surface area contributed by atoms with E-state index in [0.29, 0.717) is 23.7 Å². The minimum Gasteiger partial charge on any atom is -0.381 e. The second-order valence-electron chi connectivity index (χ2n) is 5.44. The molecule has 2 unspecified atom stereocenters. The van der Waals surface area contributed by atoms with Crippen LogP contribution in [-0.2, 0) is 4.74 Å². The summed E-state index contributed by atoms with van der Waals surface area (Å²) < 4.78 is 5.42. The third kappa shape index (κ3) is 3.07. The molecule has 21 heavy (non-hydrogen) atoms. The fourth-order valence-electron chi connectivity index (χ4n) is 2.73. The van der Waals surface area contributed by atoms with Crippen molar-refractivity contribution in [1.82, 2.24) is 19.9 Å². The number of imidazole rings is 1. The number of fused-ring (bicyclic) bond motifs is 1. The summed E-state index contributed by atoms with van der Waals surface area (Å²) in [4.78, 5) is 16.3. The van der Waals surface area contributed by atoms with E-state index in [0.717, 1.165) is 43.6 Å². The largest absolute Gasteiger partial charge is 0.381 e. The first kappa shape index (κ1) is 14.1. The highest BCUT2D eigenvalue weighted by molar-refractivity contribution is 5.83. The van der Waals surface area contributed by atoms with Gasteiger partial charge in [-0.2, -0.15) is 9.97 Å². The van der Waals surface area contributed by atoms with Crippen LogP contribution < -0.4 is 10.6 Å². The van der Waals surface area contributed by atoms with E-state index in [1.54, 1.807) is 13.4 Å². The maximum atomic E-state index is 5.42. The van der Waals surface area contributed by atoms with E-state index in [1.807, 2.05) is 0 Å². The lowest BCUT2D eigenvalue weighted by atomic mass is 10.2. The Bertz CT molecular complexity index is 598. The van der Waals surface area contributed by atoms with E-state index in [1.165, 1.54) is 0 Å². The van der Waals surface area contributed by atoms with Crippen LogP contribution in [0, 0.1) is 0 Å². The van der Waals surface area contributed by atoms with Crippen molar-refractivity contribution in [2.75, 3.05) is 24.3 Å². The number of ether oxygens (including phenoxy) is 1. The first-order valence-corrected chi connectivity index (χ1v) is 7.54. The summed E-state index contributed by atoms with van der Waals surface area (Å²) in [7, 11) is 1.78. The minimum atomic E-state index is 0.347. The average Bonchev–Trinajstić information content (AvgIpc) is 3.13. The summed E-state index contributed by atoms with van der Waals surface area (Å²) in [5.74, 6) is 1.44. The van der Waals surface area contributed by atoms with Crippen molar-refractivity contribution in [2.45, 2.75) is 44.8 Å². The molecule has 2 heterocycles. The maximum absolute atomic E-state index is 5.42. The van der Waals surface area contributed by atoms with Gasteiger partial charge < -0.3 is 20.4 Å². The van der Waals surface area contributed by atoms with Crippen molar-refractivity contribution in [1.29, 1.82) is 0 Å². The molecular formula is C14H22N6O. The van der Waals surface area contributed by atoms with Crippen molar-refractivity contribution < 1.29 is 4.74 Å². The van der Waals surface area contributed by atoms with Crippen LogP contribution in [0.5, 0.6) is 0 Å². The van der Waals surface area contributed by atoms with Crippen LogP contribution in [0.1, 0.15) is 32.6 Å². The predicted molar refractivity (Wildman–Crippen MR) is 82.5 cm³/mol. The van der Waals surface area contributed by atoms with Crippen LogP contribution >= 0.6 is 0 Å². The van der Waals surface area contributed by atoms with Gasteiger partial charge in [-0.05, 0) is 25.7 Å². The molecule has 3 N–H and O–H groups in total. The van der Waals surface area contributed by atoms with Gasteiger partial charge in [-0.3, -0.25) is 0 Å². The second kappa shape index (κ2) is 6.26. The summed E-state index contributed by atoms with van der Waals surface area (Å²) in [6.07, 6.45) is 6.22. The van der Waals surface area contributed by atoms with Crippen molar-refractivity contribution in [3.63, 3.8) is 0 Å². The zero-order valence-corrected chi connectivity index (χ0v) is 12.5. The summed E-state index contributed by atoms with van der Waals surface area (Å²) in [6.45, 7) is 2.97. The number of methoxy groups -OCH3 is 1. The lowest BCUT2D eigenvalue weighted by Gasteiger charge is -2.15. The zero-order valence-electron chi connectivity index (χ0n) is 12.5. The molecule has 114 valence electrons. The number of hydrogen-bond acceptors (Lipinski definition) is 6. The molecule has 7 heteroatoms. The first-order chi connectivity index (χ1) is 10.3. The molecule has 2 atom stereocenters. The average molecular weight is 290 g/mol. The second-order valence-corrected chi connectivity index (χ2v) is 5.44. The molecule has 0 spiro atoms. The van der Waals surface area contributed by atoms with E-state index in [4.69, 9.17) is 4.74 Å². The van der Waals surface area contributed by atoms with Crippen molar-refractivity contribution in [2.24, 2.45) is 0 Å². The zero-order chi connectivity index (χ0) is 14.7. The van der Waals surface area contributed by atoms with Gasteiger partial charge in [0.2, 0.25) is 5.95 Å². The number of H-pyrrole nitrogens is 1. The monoisotopic (exact) mass is 290 g/mol. The number of hydrogen-bond donors (Lipinski definition) is 3. The molecular weight excluding hydrogens is 268 g/mol. The van der Waals surface area contributed by atoms with Crippen molar-refractivity contribution >= 4 is 22.9 Å². The molecule has 2 aromatic heterocycles. The molecule has 1 aliphatic carbocycles. The van der Waals surface area contributed by atoms with Gasteiger partial charge in [0.15, 0.2) is 11.5 Å². The summed E-state index contributed by atoms with van der Waals surface area (Å²) in [5.41, 5.74) is 1.55. The first-order valence-electron chi connectivity index (χ1n) is 7.54. The Balaban J connectivity index is 1.81. The van der Waals surface area contributed by atoms with E-state index >= 15 is 0 Å². The van der Waals surface area contributed by atoms with Crippen LogP contribution in [0.2, 0.25) is 0 Å². The number of anilines is 2. The van der Waals surface area contributed by atoms with Gasteiger partial charge in [0.1, 0.15) is 5.52 Å². The lowest BCUT2D eigenvalue weighted by molar-refractivity contribution is 0.108. The molecule has 0 aliphatic heterocycles. The molecule has 1 aliphatic rings. The Hall–Kier alpha value is -1.89. The van der Waals surface area contributed by atoms with Crippen LogP contribution in [0.25, 0.3) is 11.2 Å². The number of aromatic amines is 1. The smallest absolute Gasteiger partial charge is 0.226 e. The molecule has 1 fully saturated rings. The number of nitrogens with zero attached hydrogens (tertiary/aromatic N) is 3. The molecule has 2 aromatic rings. The highest BCUT2D eigenvalue weighted by atomic mass is 16.5. The molecule has 3 rings (SSSR count). The number of aromatic nitrogens is 4. The van der Waals surface area contributed by atoms with Crippen LogP contribution in [0.15, 0.2) is 6.33 Å². The van der Waals surface area contributed by atoms with Gasteiger partial charge in [0, 0.05) is 19.7 Å². The van der Waals surface area contributed by atoms with Crippen LogP contribution in [0.3, 0.4) is 0 Å². The van der Waals surface area contributed by atoms with E-state index < -0.39 is 0 Å². The van der Waals surface area contributed by atoms with E-state index in [9.17, 15) is 0 Å². The van der Waals surface area contributed by atoms with Gasteiger partial charge in [0.05, 0.1) is 12.4 Å². The van der Waals surface area contributed by atoms with Gasteiger partial charge in [-0.15, -0.1) is 0 Å². The Morgan fingerprint density at radius 1 is 1.38 bits per heavy atom. The Morgan fingerprint density at radius 3 is 3.05 bits per heavy atom. The summed E-state index contributed by atoms with van der Waals surface area (Å²) in [6, 6.07) is 0.385. The molecule has 0 radical (unpaired) electrons. The van der Waals surface area contributed by atoms with E-state index in [2.05, 4.69) is 37.5 Å². The summed E-state index contributed by atoms with van der Waals surface area (Å²) >= 11 is 0. The quantitative estimate of drug-likeness (QED) is 0.755.